The van der Waals surface area contributed by atoms with E-state index in [1.807, 2.05) is 36.4 Å². The number of ether oxygens (including phenoxy) is 6. The fraction of sp³-hybridized carbons (Fsp3) is 0.233. The smallest absolute Gasteiger partial charge is 0.203 e. The summed E-state index contributed by atoms with van der Waals surface area (Å²) in [5.41, 5.74) is 9.42. The Kier molecular flexibility index (Phi) is 9.65. The highest BCUT2D eigenvalue weighted by molar-refractivity contribution is 6.05. The molecule has 38 heavy (non-hydrogen) atoms. The van der Waals surface area contributed by atoms with E-state index in [9.17, 15) is 4.79 Å². The first-order valence-corrected chi connectivity index (χ1v) is 11.8. The molecule has 8 heteroatoms. The lowest BCUT2D eigenvalue weighted by atomic mass is 10.00. The molecule has 0 aliphatic carbocycles. The molecule has 0 aliphatic rings. The van der Waals surface area contributed by atoms with Gasteiger partial charge in [0.05, 0.1) is 48.3 Å². The maximum atomic E-state index is 12.7. The number of carbonyl (C=O) groups is 1. The van der Waals surface area contributed by atoms with Crippen LogP contribution in [0, 0.1) is 0 Å². The molecule has 3 rings (SSSR count). The Balaban J connectivity index is 1.94. The Labute approximate surface area is 223 Å². The Morgan fingerprint density at radius 3 is 1.87 bits per heavy atom. The van der Waals surface area contributed by atoms with Gasteiger partial charge in [0.15, 0.2) is 28.8 Å². The molecule has 0 aliphatic heterocycles. The molecule has 0 heterocycles. The number of nitrogens with two attached hydrogens (primary N) is 1. The monoisotopic (exact) mass is 519 g/mol. The molecular weight excluding hydrogens is 486 g/mol. The summed E-state index contributed by atoms with van der Waals surface area (Å²) in [6.07, 6.45) is 7.62. The van der Waals surface area contributed by atoms with Crippen LogP contribution in [0.3, 0.4) is 0 Å². The van der Waals surface area contributed by atoms with Crippen LogP contribution in [0.25, 0.3) is 12.2 Å². The zero-order chi connectivity index (χ0) is 27.7. The van der Waals surface area contributed by atoms with Crippen molar-refractivity contribution in [2.75, 3.05) is 48.4 Å². The number of rotatable bonds is 12. The van der Waals surface area contributed by atoms with Gasteiger partial charge in [-0.3, -0.25) is 4.79 Å². The number of allylic oxidation sites excluding steroid dienone is 2. The van der Waals surface area contributed by atoms with Crippen LogP contribution >= 0.6 is 0 Å². The van der Waals surface area contributed by atoms with Crippen LogP contribution in [0.1, 0.15) is 27.0 Å². The van der Waals surface area contributed by atoms with E-state index in [1.54, 1.807) is 59.8 Å². The van der Waals surface area contributed by atoms with Crippen molar-refractivity contribution in [3.8, 4) is 34.5 Å². The van der Waals surface area contributed by atoms with E-state index in [4.69, 9.17) is 34.2 Å². The highest BCUT2D eigenvalue weighted by atomic mass is 16.5. The van der Waals surface area contributed by atoms with Crippen LogP contribution in [0.4, 0.5) is 5.69 Å². The summed E-state index contributed by atoms with van der Waals surface area (Å²) >= 11 is 0. The average molecular weight is 520 g/mol. The highest BCUT2D eigenvalue weighted by Gasteiger charge is 2.15. The maximum absolute atomic E-state index is 12.7. The second-order valence-electron chi connectivity index (χ2n) is 8.09. The molecule has 0 amide bonds. The van der Waals surface area contributed by atoms with Crippen LogP contribution in [-0.2, 0) is 6.42 Å². The fourth-order valence-corrected chi connectivity index (χ4v) is 4.02. The molecule has 0 bridgehead atoms. The van der Waals surface area contributed by atoms with Gasteiger partial charge in [-0.2, -0.15) is 0 Å². The van der Waals surface area contributed by atoms with E-state index in [1.165, 1.54) is 13.2 Å². The molecule has 0 fully saturated rings. The molecule has 0 unspecified atom stereocenters. The molecule has 3 aromatic rings. The minimum atomic E-state index is -0.171. The van der Waals surface area contributed by atoms with E-state index < -0.39 is 0 Å². The first kappa shape index (κ1) is 28.0. The molecule has 0 radical (unpaired) electrons. The molecule has 8 nitrogen and oxygen atoms in total. The van der Waals surface area contributed by atoms with Crippen LogP contribution in [-0.4, -0.2) is 48.4 Å². The highest BCUT2D eigenvalue weighted by Crippen LogP contribution is 2.39. The molecule has 3 aromatic carbocycles. The quantitative estimate of drug-likeness (QED) is 0.146. The number of nitrogen functional groups attached to an aromatic ring is 1. The third kappa shape index (κ3) is 6.21. The number of hydrogen-bond acceptors (Lipinski definition) is 8. The molecule has 0 saturated heterocycles. The Morgan fingerprint density at radius 1 is 0.711 bits per heavy atom. The Bertz CT molecular complexity index is 1320. The molecule has 0 atom stereocenters. The molecular formula is C30H33NO7. The van der Waals surface area contributed by atoms with Gasteiger partial charge >= 0.3 is 0 Å². The van der Waals surface area contributed by atoms with Gasteiger partial charge in [0.2, 0.25) is 5.75 Å². The lowest BCUT2D eigenvalue weighted by molar-refractivity contribution is 0.104. The van der Waals surface area contributed by atoms with Crippen molar-refractivity contribution in [3.05, 3.63) is 76.9 Å². The van der Waals surface area contributed by atoms with Gasteiger partial charge in [0.25, 0.3) is 0 Å². The maximum Gasteiger partial charge on any atom is 0.203 e. The van der Waals surface area contributed by atoms with E-state index >= 15 is 0 Å². The second kappa shape index (κ2) is 13.1. The van der Waals surface area contributed by atoms with Crippen molar-refractivity contribution in [2.24, 2.45) is 0 Å². The van der Waals surface area contributed by atoms with Gasteiger partial charge in [0.1, 0.15) is 5.75 Å². The number of carbonyl (C=O) groups excluding carboxylic acids is 1. The van der Waals surface area contributed by atoms with Crippen LogP contribution < -0.4 is 34.2 Å². The number of hydrogen-bond donors (Lipinski definition) is 1. The van der Waals surface area contributed by atoms with Gasteiger partial charge < -0.3 is 34.2 Å². The molecule has 0 spiro atoms. The molecule has 0 saturated carbocycles. The Hall–Kier alpha value is -4.59. The summed E-state index contributed by atoms with van der Waals surface area (Å²) in [7, 11) is 9.41. The largest absolute Gasteiger partial charge is 0.495 e. The normalized spacial score (nSPS) is 11.0. The fourth-order valence-electron chi connectivity index (χ4n) is 4.02. The number of methoxy groups -OCH3 is 6. The summed E-state index contributed by atoms with van der Waals surface area (Å²) in [6.45, 7) is 0. The van der Waals surface area contributed by atoms with Crippen LogP contribution in [0.2, 0.25) is 0 Å². The number of benzene rings is 3. The van der Waals surface area contributed by atoms with Gasteiger partial charge in [-0.1, -0.05) is 24.3 Å². The van der Waals surface area contributed by atoms with Crippen molar-refractivity contribution in [1.82, 2.24) is 0 Å². The van der Waals surface area contributed by atoms with E-state index in [2.05, 4.69) is 0 Å². The third-order valence-electron chi connectivity index (χ3n) is 5.93. The van der Waals surface area contributed by atoms with Crippen molar-refractivity contribution < 1.29 is 33.2 Å². The van der Waals surface area contributed by atoms with Crippen molar-refractivity contribution in [2.45, 2.75) is 6.42 Å². The molecule has 2 N–H and O–H groups in total. The van der Waals surface area contributed by atoms with Gasteiger partial charge in [-0.05, 0) is 60.0 Å². The number of anilines is 1. The van der Waals surface area contributed by atoms with Gasteiger partial charge in [-0.15, -0.1) is 0 Å². The van der Waals surface area contributed by atoms with E-state index in [-0.39, 0.29) is 5.78 Å². The van der Waals surface area contributed by atoms with Crippen LogP contribution in [0.15, 0.2) is 54.6 Å². The second-order valence-corrected chi connectivity index (χ2v) is 8.09. The lowest BCUT2D eigenvalue weighted by Gasteiger charge is -2.15. The summed E-state index contributed by atoms with van der Waals surface area (Å²) in [5.74, 6) is 3.16. The minimum absolute atomic E-state index is 0.171. The van der Waals surface area contributed by atoms with E-state index in [0.29, 0.717) is 52.2 Å². The van der Waals surface area contributed by atoms with Gasteiger partial charge in [0, 0.05) is 11.1 Å². The van der Waals surface area contributed by atoms with Crippen LogP contribution in [0.5, 0.6) is 34.5 Å². The first-order chi connectivity index (χ1) is 18.4. The Morgan fingerprint density at radius 2 is 1.32 bits per heavy atom. The zero-order valence-corrected chi connectivity index (χ0v) is 22.5. The van der Waals surface area contributed by atoms with E-state index in [0.717, 1.165) is 16.7 Å². The molecule has 200 valence electrons. The predicted molar refractivity (Wildman–Crippen MR) is 149 cm³/mol. The lowest BCUT2D eigenvalue weighted by Crippen LogP contribution is -2.00. The van der Waals surface area contributed by atoms with Crippen molar-refractivity contribution in [1.29, 1.82) is 0 Å². The third-order valence-corrected chi connectivity index (χ3v) is 5.93. The predicted octanol–water partition coefficient (Wildman–Crippen LogP) is 5.47. The summed E-state index contributed by atoms with van der Waals surface area (Å²) in [6, 6.07) is 12.4. The summed E-state index contributed by atoms with van der Waals surface area (Å²) in [5, 5.41) is 0. The van der Waals surface area contributed by atoms with Crippen molar-refractivity contribution in [3.63, 3.8) is 0 Å². The summed E-state index contributed by atoms with van der Waals surface area (Å²) < 4.78 is 32.7. The minimum Gasteiger partial charge on any atom is -0.495 e. The average Bonchev–Trinajstić information content (AvgIpc) is 2.95. The molecule has 0 aromatic heterocycles. The van der Waals surface area contributed by atoms with Crippen molar-refractivity contribution >= 4 is 23.6 Å². The SMILES string of the molecule is COc1ccc(C(=O)/C=C\Cc2c(/C=C\c3cc(OC)c(OC)c(OC)c3)ccc(OC)c2OC)cc1N. The summed E-state index contributed by atoms with van der Waals surface area (Å²) in [4.78, 5) is 12.7. The zero-order valence-electron chi connectivity index (χ0n) is 22.5. The topological polar surface area (TPSA) is 98.5 Å². The standard InChI is InChI=1S/C30H33NO7/c1-33-25-14-13-21(18-23(25)31)24(32)9-7-8-22-20(12-15-26(34-2)29(22)37-5)11-10-19-16-27(35-3)30(38-6)28(17-19)36-4/h7,9-18H,8,31H2,1-6H3/b9-7-,11-10-. The number of ketones is 1. The van der Waals surface area contributed by atoms with Gasteiger partial charge in [-0.25, -0.2) is 0 Å². The first-order valence-electron chi connectivity index (χ1n) is 11.8.